The highest BCUT2D eigenvalue weighted by molar-refractivity contribution is 6.00. The van der Waals surface area contributed by atoms with Crippen LogP contribution in [0.4, 0.5) is 0 Å². The van der Waals surface area contributed by atoms with Gasteiger partial charge in [-0.25, -0.2) is 0 Å². The molecule has 0 aliphatic rings. The normalized spacial score (nSPS) is 11.9. The highest BCUT2D eigenvalue weighted by atomic mass is 16.5. The van der Waals surface area contributed by atoms with Crippen molar-refractivity contribution in [2.75, 3.05) is 6.61 Å². The van der Waals surface area contributed by atoms with Crippen LogP contribution in [0, 0.1) is 0 Å². The second-order valence-corrected chi connectivity index (χ2v) is 5.93. The lowest BCUT2D eigenvalue weighted by Gasteiger charge is -2.11. The van der Waals surface area contributed by atoms with Crippen LogP contribution in [0.2, 0.25) is 0 Å². The van der Waals surface area contributed by atoms with Gasteiger partial charge < -0.3 is 4.74 Å². The molecule has 0 aromatic heterocycles. The molecule has 0 amide bonds. The molecule has 2 rings (SSSR count). The molecule has 0 bridgehead atoms. The first-order valence-corrected chi connectivity index (χ1v) is 8.54. The van der Waals surface area contributed by atoms with Crippen LogP contribution >= 0.6 is 0 Å². The van der Waals surface area contributed by atoms with Gasteiger partial charge in [0.1, 0.15) is 5.75 Å². The van der Waals surface area contributed by atoms with E-state index in [9.17, 15) is 4.79 Å². The van der Waals surface area contributed by atoms with Gasteiger partial charge in [0.05, 0.1) is 6.61 Å². The molecule has 0 saturated carbocycles. The fraction of sp³-hybridized carbons (Fsp3) is 0.381. The van der Waals surface area contributed by atoms with Crippen LogP contribution in [-0.2, 0) is 0 Å². The second kappa shape index (κ2) is 9.14. The minimum atomic E-state index is -0.128. The summed E-state index contributed by atoms with van der Waals surface area (Å²) < 4.78 is 5.72. The number of carbonyl (C=O) groups excluding carboxylic acids is 1. The highest BCUT2D eigenvalue weighted by Gasteiger charge is 2.16. The van der Waals surface area contributed by atoms with Gasteiger partial charge >= 0.3 is 0 Å². The second-order valence-electron chi connectivity index (χ2n) is 5.93. The van der Waals surface area contributed by atoms with Crippen molar-refractivity contribution in [3.05, 3.63) is 65.7 Å². The quantitative estimate of drug-likeness (QED) is 0.443. The molecule has 1 atom stereocenters. The lowest BCUT2D eigenvalue weighted by atomic mass is 9.92. The molecule has 0 unspecified atom stereocenters. The Morgan fingerprint density at radius 2 is 1.65 bits per heavy atom. The Morgan fingerprint density at radius 1 is 0.957 bits per heavy atom. The standard InChI is InChI=1S/C21H26O2/c1-3-4-5-9-16-23-20-14-12-19(13-15-20)21(22)17(2)18-10-7-6-8-11-18/h6-8,10-15,17H,3-5,9,16H2,1-2H3/t17-/m0/s1. The molecular formula is C21H26O2. The molecule has 2 aromatic rings. The van der Waals surface area contributed by atoms with Crippen molar-refractivity contribution in [2.24, 2.45) is 0 Å². The van der Waals surface area contributed by atoms with Crippen molar-refractivity contribution in [1.82, 2.24) is 0 Å². The molecule has 2 nitrogen and oxygen atoms in total. The summed E-state index contributed by atoms with van der Waals surface area (Å²) in [6.07, 6.45) is 4.78. The zero-order valence-corrected chi connectivity index (χ0v) is 14.1. The van der Waals surface area contributed by atoms with Crippen molar-refractivity contribution in [1.29, 1.82) is 0 Å². The number of Topliss-reactive ketones (excluding diaryl/α,β-unsaturated/α-hetero) is 1. The highest BCUT2D eigenvalue weighted by Crippen LogP contribution is 2.22. The Labute approximate surface area is 139 Å². The molecule has 0 spiro atoms. The molecule has 0 aliphatic carbocycles. The van der Waals surface area contributed by atoms with Crippen molar-refractivity contribution in [3.8, 4) is 5.75 Å². The third-order valence-corrected chi connectivity index (χ3v) is 4.10. The minimum absolute atomic E-state index is 0.128. The van der Waals surface area contributed by atoms with Gasteiger partial charge in [-0.1, -0.05) is 63.4 Å². The third kappa shape index (κ3) is 5.24. The maximum Gasteiger partial charge on any atom is 0.170 e. The van der Waals surface area contributed by atoms with E-state index in [-0.39, 0.29) is 11.7 Å². The monoisotopic (exact) mass is 310 g/mol. The van der Waals surface area contributed by atoms with Crippen molar-refractivity contribution in [3.63, 3.8) is 0 Å². The van der Waals surface area contributed by atoms with Gasteiger partial charge in [-0.3, -0.25) is 4.79 Å². The topological polar surface area (TPSA) is 26.3 Å². The van der Waals surface area contributed by atoms with E-state index in [1.54, 1.807) is 0 Å². The summed E-state index contributed by atoms with van der Waals surface area (Å²) >= 11 is 0. The Kier molecular flexibility index (Phi) is 6.86. The molecule has 122 valence electrons. The largest absolute Gasteiger partial charge is 0.494 e. The number of hydrogen-bond acceptors (Lipinski definition) is 2. The van der Waals surface area contributed by atoms with Crippen LogP contribution in [0.1, 0.15) is 61.4 Å². The summed E-state index contributed by atoms with van der Waals surface area (Å²) in [7, 11) is 0. The maximum absolute atomic E-state index is 12.5. The van der Waals surface area contributed by atoms with Gasteiger partial charge in [-0.2, -0.15) is 0 Å². The lowest BCUT2D eigenvalue weighted by Crippen LogP contribution is -2.09. The van der Waals surface area contributed by atoms with Gasteiger partial charge in [-0.15, -0.1) is 0 Å². The first-order chi connectivity index (χ1) is 11.2. The molecule has 23 heavy (non-hydrogen) atoms. The summed E-state index contributed by atoms with van der Waals surface area (Å²) in [5, 5.41) is 0. The number of hydrogen-bond donors (Lipinski definition) is 0. The van der Waals surface area contributed by atoms with Gasteiger partial charge in [0, 0.05) is 11.5 Å². The van der Waals surface area contributed by atoms with E-state index in [1.807, 2.05) is 61.5 Å². The molecule has 0 aliphatic heterocycles. The third-order valence-electron chi connectivity index (χ3n) is 4.10. The predicted molar refractivity (Wildman–Crippen MR) is 95.3 cm³/mol. The smallest absolute Gasteiger partial charge is 0.170 e. The number of unbranched alkanes of at least 4 members (excludes halogenated alkanes) is 3. The van der Waals surface area contributed by atoms with Gasteiger partial charge in [0.15, 0.2) is 5.78 Å². The van der Waals surface area contributed by atoms with Crippen LogP contribution in [0.5, 0.6) is 5.75 Å². The maximum atomic E-state index is 12.5. The SMILES string of the molecule is CCCCCCOc1ccc(C(=O)[C@@H](C)c2ccccc2)cc1. The zero-order valence-electron chi connectivity index (χ0n) is 14.1. The van der Waals surface area contributed by atoms with E-state index in [0.29, 0.717) is 0 Å². The van der Waals surface area contributed by atoms with E-state index in [4.69, 9.17) is 4.74 Å². The summed E-state index contributed by atoms with van der Waals surface area (Å²) in [5.74, 6) is 0.855. The van der Waals surface area contributed by atoms with E-state index >= 15 is 0 Å². The molecule has 2 aromatic carbocycles. The van der Waals surface area contributed by atoms with Crippen LogP contribution in [0.15, 0.2) is 54.6 Å². The molecule has 0 heterocycles. The predicted octanol–water partition coefficient (Wildman–Crippen LogP) is 5.63. The Balaban J connectivity index is 1.90. The fourth-order valence-corrected chi connectivity index (χ4v) is 2.58. The van der Waals surface area contributed by atoms with Crippen molar-refractivity contribution in [2.45, 2.75) is 45.4 Å². The minimum Gasteiger partial charge on any atom is -0.494 e. The zero-order chi connectivity index (χ0) is 16.5. The summed E-state index contributed by atoms with van der Waals surface area (Å²) in [6, 6.07) is 17.4. The lowest BCUT2D eigenvalue weighted by molar-refractivity contribution is 0.0966. The van der Waals surface area contributed by atoms with E-state index in [0.717, 1.165) is 29.9 Å². The number of carbonyl (C=O) groups is 1. The number of ether oxygens (including phenoxy) is 1. The van der Waals surface area contributed by atoms with Gasteiger partial charge in [-0.05, 0) is 36.2 Å². The van der Waals surface area contributed by atoms with Crippen LogP contribution in [0.25, 0.3) is 0 Å². The molecule has 0 N–H and O–H groups in total. The van der Waals surface area contributed by atoms with Crippen LogP contribution in [0.3, 0.4) is 0 Å². The number of benzene rings is 2. The van der Waals surface area contributed by atoms with Gasteiger partial charge in [0.25, 0.3) is 0 Å². The van der Waals surface area contributed by atoms with Crippen molar-refractivity contribution < 1.29 is 9.53 Å². The van der Waals surface area contributed by atoms with E-state index < -0.39 is 0 Å². The molecule has 0 radical (unpaired) electrons. The molecule has 2 heteroatoms. The average Bonchev–Trinajstić information content (AvgIpc) is 2.61. The van der Waals surface area contributed by atoms with E-state index in [1.165, 1.54) is 19.3 Å². The Hall–Kier alpha value is -2.09. The van der Waals surface area contributed by atoms with E-state index in [2.05, 4.69) is 6.92 Å². The van der Waals surface area contributed by atoms with Crippen LogP contribution < -0.4 is 4.74 Å². The Bertz CT molecular complexity index is 587. The summed E-state index contributed by atoms with van der Waals surface area (Å²) in [6.45, 7) is 4.90. The summed E-state index contributed by atoms with van der Waals surface area (Å²) in [5.41, 5.74) is 1.79. The first kappa shape index (κ1) is 17.3. The molecule has 0 saturated heterocycles. The summed E-state index contributed by atoms with van der Waals surface area (Å²) in [4.78, 5) is 12.5. The molecular weight excluding hydrogens is 284 g/mol. The number of rotatable bonds is 9. The van der Waals surface area contributed by atoms with Crippen LogP contribution in [-0.4, -0.2) is 12.4 Å². The first-order valence-electron chi connectivity index (χ1n) is 8.54. The Morgan fingerprint density at radius 3 is 2.30 bits per heavy atom. The fourth-order valence-electron chi connectivity index (χ4n) is 2.58. The van der Waals surface area contributed by atoms with Crippen molar-refractivity contribution >= 4 is 5.78 Å². The average molecular weight is 310 g/mol. The molecule has 0 fully saturated rings. The number of ketones is 1. The van der Waals surface area contributed by atoms with Gasteiger partial charge in [0.2, 0.25) is 0 Å².